The zero-order valence-corrected chi connectivity index (χ0v) is 17.1. The van der Waals surface area contributed by atoms with Crippen molar-refractivity contribution in [2.75, 3.05) is 33.3 Å². The van der Waals surface area contributed by atoms with Crippen molar-refractivity contribution >= 4 is 12.1 Å². The molecule has 150 valence electrons. The summed E-state index contributed by atoms with van der Waals surface area (Å²) in [6.07, 6.45) is 5.08. The highest BCUT2D eigenvalue weighted by atomic mass is 16.6. The highest BCUT2D eigenvalue weighted by molar-refractivity contribution is 5.79. The fourth-order valence-corrected chi connectivity index (χ4v) is 3.46. The molecule has 0 saturated carbocycles. The van der Waals surface area contributed by atoms with E-state index in [-0.39, 0.29) is 17.7 Å². The molecule has 2 aliphatic rings. The minimum atomic E-state index is -0.471. The molecule has 0 radical (unpaired) electrons. The fraction of sp³-hybridized carbons (Fsp3) is 0.895. The van der Waals surface area contributed by atoms with Crippen molar-refractivity contribution in [2.24, 2.45) is 4.99 Å². The van der Waals surface area contributed by atoms with Crippen LogP contribution in [-0.2, 0) is 9.47 Å². The summed E-state index contributed by atoms with van der Waals surface area (Å²) < 4.78 is 11.4. The van der Waals surface area contributed by atoms with Gasteiger partial charge in [0.15, 0.2) is 5.96 Å². The van der Waals surface area contributed by atoms with E-state index in [1.54, 1.807) is 7.05 Å². The molecule has 2 atom stereocenters. The van der Waals surface area contributed by atoms with Gasteiger partial charge in [-0.25, -0.2) is 4.79 Å². The quantitative estimate of drug-likeness (QED) is 0.589. The van der Waals surface area contributed by atoms with Crippen molar-refractivity contribution in [3.8, 4) is 0 Å². The van der Waals surface area contributed by atoms with E-state index >= 15 is 0 Å². The molecule has 2 fully saturated rings. The zero-order chi connectivity index (χ0) is 19.2. The average Bonchev–Trinajstić information content (AvgIpc) is 3.00. The highest BCUT2D eigenvalue weighted by Gasteiger charge is 2.31. The first-order valence-corrected chi connectivity index (χ1v) is 9.80. The molecule has 0 aliphatic carbocycles. The summed E-state index contributed by atoms with van der Waals surface area (Å²) in [5.74, 6) is 0.747. The van der Waals surface area contributed by atoms with Crippen LogP contribution in [0.15, 0.2) is 4.99 Å². The first-order valence-electron chi connectivity index (χ1n) is 9.80. The van der Waals surface area contributed by atoms with Crippen molar-refractivity contribution in [3.05, 3.63) is 0 Å². The van der Waals surface area contributed by atoms with Crippen molar-refractivity contribution in [2.45, 2.75) is 77.0 Å². The first kappa shape index (κ1) is 20.8. The van der Waals surface area contributed by atoms with Crippen molar-refractivity contribution in [3.63, 3.8) is 0 Å². The molecule has 0 aromatic carbocycles. The van der Waals surface area contributed by atoms with Gasteiger partial charge < -0.3 is 25.0 Å². The number of hydrogen-bond acceptors (Lipinski definition) is 4. The van der Waals surface area contributed by atoms with Gasteiger partial charge in [-0.2, -0.15) is 0 Å². The number of carbonyl (C=O) groups is 1. The zero-order valence-electron chi connectivity index (χ0n) is 17.1. The number of hydrogen-bond donors (Lipinski definition) is 2. The molecule has 2 aliphatic heterocycles. The maximum absolute atomic E-state index is 12.5. The topological polar surface area (TPSA) is 75.2 Å². The summed E-state index contributed by atoms with van der Waals surface area (Å²) >= 11 is 0. The fourth-order valence-electron chi connectivity index (χ4n) is 3.46. The van der Waals surface area contributed by atoms with Crippen LogP contribution in [0.5, 0.6) is 0 Å². The summed E-state index contributed by atoms with van der Waals surface area (Å²) in [5, 5.41) is 6.71. The van der Waals surface area contributed by atoms with Gasteiger partial charge in [-0.1, -0.05) is 0 Å². The van der Waals surface area contributed by atoms with Crippen LogP contribution in [-0.4, -0.2) is 67.5 Å². The Labute approximate surface area is 157 Å². The van der Waals surface area contributed by atoms with Crippen LogP contribution in [0.4, 0.5) is 4.79 Å². The highest BCUT2D eigenvalue weighted by Crippen LogP contribution is 2.24. The maximum Gasteiger partial charge on any atom is 0.410 e. The lowest BCUT2D eigenvalue weighted by Gasteiger charge is -2.37. The second-order valence-electron chi connectivity index (χ2n) is 8.53. The van der Waals surface area contributed by atoms with Crippen LogP contribution in [0.2, 0.25) is 0 Å². The van der Waals surface area contributed by atoms with E-state index < -0.39 is 5.60 Å². The lowest BCUT2D eigenvalue weighted by molar-refractivity contribution is 0.0104. The SMILES string of the molecule is CN=C(NCC1CCCCN1C(=O)OC(C)(C)C)NCC1(C)CCCO1. The maximum atomic E-state index is 12.5. The molecule has 26 heavy (non-hydrogen) atoms. The molecular weight excluding hydrogens is 332 g/mol. The van der Waals surface area contributed by atoms with Gasteiger partial charge in [0.2, 0.25) is 0 Å². The lowest BCUT2D eigenvalue weighted by atomic mass is 10.0. The average molecular weight is 369 g/mol. The predicted octanol–water partition coefficient (Wildman–Crippen LogP) is 2.51. The van der Waals surface area contributed by atoms with Gasteiger partial charge >= 0.3 is 6.09 Å². The van der Waals surface area contributed by atoms with Gasteiger partial charge in [0.05, 0.1) is 11.6 Å². The van der Waals surface area contributed by atoms with Gasteiger partial charge in [-0.05, 0) is 59.8 Å². The molecule has 0 aromatic heterocycles. The third-order valence-corrected chi connectivity index (χ3v) is 4.91. The molecule has 2 N–H and O–H groups in total. The van der Waals surface area contributed by atoms with Crippen LogP contribution < -0.4 is 10.6 Å². The molecule has 0 spiro atoms. The number of likely N-dealkylation sites (tertiary alicyclic amines) is 1. The molecule has 2 heterocycles. The third kappa shape index (κ3) is 6.34. The number of piperidine rings is 1. The van der Waals surface area contributed by atoms with Crippen LogP contribution in [0.1, 0.15) is 59.8 Å². The Balaban J connectivity index is 1.85. The second-order valence-corrected chi connectivity index (χ2v) is 8.53. The Bertz CT molecular complexity index is 496. The summed E-state index contributed by atoms with van der Waals surface area (Å²) in [6, 6.07) is 0.121. The number of nitrogens with one attached hydrogen (secondary N) is 2. The van der Waals surface area contributed by atoms with Crippen molar-refractivity contribution in [1.29, 1.82) is 0 Å². The van der Waals surface area contributed by atoms with Crippen LogP contribution >= 0.6 is 0 Å². The molecule has 0 aromatic rings. The van der Waals surface area contributed by atoms with E-state index in [1.165, 1.54) is 0 Å². The Morgan fingerprint density at radius 2 is 2.08 bits per heavy atom. The van der Waals surface area contributed by atoms with Gasteiger partial charge in [0.25, 0.3) is 0 Å². The molecule has 2 rings (SSSR count). The number of ether oxygens (including phenoxy) is 2. The number of guanidine groups is 1. The van der Waals surface area contributed by atoms with E-state index in [0.717, 1.165) is 57.8 Å². The number of amides is 1. The monoisotopic (exact) mass is 368 g/mol. The number of nitrogens with zero attached hydrogens (tertiary/aromatic N) is 2. The van der Waals surface area contributed by atoms with Gasteiger partial charge in [-0.3, -0.25) is 4.99 Å². The van der Waals surface area contributed by atoms with E-state index in [2.05, 4.69) is 22.5 Å². The molecule has 0 bridgehead atoms. The Kier molecular flexibility index (Phi) is 7.15. The van der Waals surface area contributed by atoms with E-state index in [4.69, 9.17) is 9.47 Å². The molecular formula is C19H36N4O3. The molecule has 2 saturated heterocycles. The number of aliphatic imine (C=N–C) groups is 1. The van der Waals surface area contributed by atoms with Gasteiger partial charge in [0.1, 0.15) is 5.60 Å². The lowest BCUT2D eigenvalue weighted by Crippen LogP contribution is -2.53. The minimum absolute atomic E-state index is 0.120. The second kappa shape index (κ2) is 8.93. The Morgan fingerprint density at radius 1 is 1.31 bits per heavy atom. The summed E-state index contributed by atoms with van der Waals surface area (Å²) in [7, 11) is 1.76. The van der Waals surface area contributed by atoms with Crippen molar-refractivity contribution in [1.82, 2.24) is 15.5 Å². The Hall–Kier alpha value is -1.50. The first-order chi connectivity index (χ1) is 12.2. The molecule has 2 unspecified atom stereocenters. The molecule has 7 heteroatoms. The molecule has 1 amide bonds. The predicted molar refractivity (Wildman–Crippen MR) is 104 cm³/mol. The van der Waals surface area contributed by atoms with E-state index in [1.807, 2.05) is 25.7 Å². The van der Waals surface area contributed by atoms with Gasteiger partial charge in [-0.15, -0.1) is 0 Å². The largest absolute Gasteiger partial charge is 0.444 e. The Morgan fingerprint density at radius 3 is 2.69 bits per heavy atom. The number of rotatable bonds is 4. The summed E-state index contributed by atoms with van der Waals surface area (Å²) in [6.45, 7) is 10.8. The summed E-state index contributed by atoms with van der Waals surface area (Å²) in [4.78, 5) is 18.6. The van der Waals surface area contributed by atoms with Crippen LogP contribution in [0, 0.1) is 0 Å². The van der Waals surface area contributed by atoms with Gasteiger partial charge in [0, 0.05) is 33.3 Å². The van der Waals surface area contributed by atoms with Crippen molar-refractivity contribution < 1.29 is 14.3 Å². The standard InChI is InChI=1S/C19H36N4O3/c1-18(2,3)26-17(24)23-11-7-6-9-15(23)13-21-16(20-5)22-14-19(4)10-8-12-25-19/h15H,6-14H2,1-5H3,(H2,20,21,22). The number of carbonyl (C=O) groups excluding carboxylic acids is 1. The van der Waals surface area contributed by atoms with Crippen LogP contribution in [0.3, 0.4) is 0 Å². The minimum Gasteiger partial charge on any atom is -0.444 e. The third-order valence-electron chi connectivity index (χ3n) is 4.91. The van der Waals surface area contributed by atoms with Crippen LogP contribution in [0.25, 0.3) is 0 Å². The van der Waals surface area contributed by atoms with E-state index in [9.17, 15) is 4.79 Å². The summed E-state index contributed by atoms with van der Waals surface area (Å²) in [5.41, 5.74) is -0.591. The smallest absolute Gasteiger partial charge is 0.410 e. The normalized spacial score (nSPS) is 27.3. The van der Waals surface area contributed by atoms with E-state index in [0.29, 0.717) is 6.54 Å². The molecule has 7 nitrogen and oxygen atoms in total.